The summed E-state index contributed by atoms with van der Waals surface area (Å²) in [6.07, 6.45) is 0.861. The number of aliphatic hydroxyl groups is 2. The monoisotopic (exact) mass is 378 g/mol. The molecule has 144 valence electrons. The predicted molar refractivity (Wildman–Crippen MR) is 94.2 cm³/mol. The topological polar surface area (TPSA) is 112 Å². The van der Waals surface area contributed by atoms with Gasteiger partial charge in [-0.05, 0) is 18.9 Å². The van der Waals surface area contributed by atoms with Crippen LogP contribution in [0, 0.1) is 5.82 Å². The molecule has 1 aromatic carbocycles. The number of aliphatic hydroxyl groups excluding tert-OH is 2. The first-order valence-corrected chi connectivity index (χ1v) is 8.63. The molecule has 4 rings (SSSR count). The minimum Gasteiger partial charge on any atom is -0.492 e. The Morgan fingerprint density at radius 3 is 2.41 bits per heavy atom. The Bertz CT molecular complexity index is 990. The van der Waals surface area contributed by atoms with Gasteiger partial charge in [-0.25, -0.2) is 9.18 Å². The second-order valence-corrected chi connectivity index (χ2v) is 6.99. The number of carboxylic acids is 1. The SMILES string of the molecule is COc1c(N2C[C@@H](O)[C@@H](O)C2)c(F)cc2c(=O)c(C(=O)O)cn(C3CC3)c12. The van der Waals surface area contributed by atoms with E-state index in [0.29, 0.717) is 5.52 Å². The summed E-state index contributed by atoms with van der Waals surface area (Å²) < 4.78 is 22.1. The lowest BCUT2D eigenvalue weighted by atomic mass is 10.1. The molecule has 27 heavy (non-hydrogen) atoms. The minimum absolute atomic E-state index is 0.00756. The summed E-state index contributed by atoms with van der Waals surface area (Å²) >= 11 is 0. The molecule has 2 aliphatic rings. The predicted octanol–water partition coefficient (Wildman–Crippen LogP) is 0.724. The van der Waals surface area contributed by atoms with Crippen molar-refractivity contribution in [1.29, 1.82) is 0 Å². The van der Waals surface area contributed by atoms with E-state index in [4.69, 9.17) is 4.74 Å². The molecule has 0 bridgehead atoms. The molecule has 0 spiro atoms. The maximum atomic E-state index is 15.0. The van der Waals surface area contributed by atoms with Crippen LogP contribution in [0.3, 0.4) is 0 Å². The van der Waals surface area contributed by atoms with E-state index in [1.54, 1.807) is 4.57 Å². The standard InChI is InChI=1S/C18H19FN2O6/c1-27-17-14-9(4-11(19)15(17)20-6-12(22)13(23)7-20)16(24)10(18(25)26)5-21(14)8-2-3-8/h4-5,8,12-13,22-23H,2-3,6-7H2,1H3,(H,25,26)/t12-,13+. The number of rotatable bonds is 4. The molecular weight excluding hydrogens is 359 g/mol. The maximum absolute atomic E-state index is 15.0. The molecule has 2 aromatic rings. The highest BCUT2D eigenvalue weighted by atomic mass is 19.1. The van der Waals surface area contributed by atoms with E-state index in [9.17, 15) is 29.3 Å². The number of benzene rings is 1. The van der Waals surface area contributed by atoms with E-state index in [2.05, 4.69) is 0 Å². The molecule has 0 radical (unpaired) electrons. The molecular formula is C18H19FN2O6. The molecule has 1 saturated heterocycles. The van der Waals surface area contributed by atoms with Crippen LogP contribution in [-0.2, 0) is 0 Å². The number of hydrogen-bond donors (Lipinski definition) is 3. The highest BCUT2D eigenvalue weighted by Crippen LogP contribution is 2.44. The summed E-state index contributed by atoms with van der Waals surface area (Å²) in [6.45, 7) is 0.0294. The Morgan fingerprint density at radius 1 is 1.26 bits per heavy atom. The number of carbonyl (C=O) groups is 1. The van der Waals surface area contributed by atoms with Gasteiger partial charge in [-0.2, -0.15) is 0 Å². The summed E-state index contributed by atoms with van der Waals surface area (Å²) in [5.74, 6) is -2.06. The van der Waals surface area contributed by atoms with Crippen molar-refractivity contribution in [2.75, 3.05) is 25.1 Å². The smallest absolute Gasteiger partial charge is 0.341 e. The van der Waals surface area contributed by atoms with Gasteiger partial charge in [0.1, 0.15) is 11.3 Å². The van der Waals surface area contributed by atoms with Crippen molar-refractivity contribution in [2.24, 2.45) is 0 Å². The lowest BCUT2D eigenvalue weighted by Crippen LogP contribution is -2.25. The molecule has 1 aliphatic heterocycles. The van der Waals surface area contributed by atoms with Gasteiger partial charge in [0.25, 0.3) is 0 Å². The van der Waals surface area contributed by atoms with Gasteiger partial charge >= 0.3 is 5.97 Å². The highest BCUT2D eigenvalue weighted by molar-refractivity contribution is 5.97. The third-order valence-corrected chi connectivity index (χ3v) is 5.15. The minimum atomic E-state index is -1.37. The van der Waals surface area contributed by atoms with Crippen molar-refractivity contribution in [2.45, 2.75) is 31.1 Å². The Hall–Kier alpha value is -2.65. The molecule has 2 fully saturated rings. The number of carboxylic acid groups (broad SMARTS) is 1. The number of aromatic carboxylic acids is 1. The fraction of sp³-hybridized carbons (Fsp3) is 0.444. The zero-order chi connectivity index (χ0) is 19.5. The van der Waals surface area contributed by atoms with Gasteiger partial charge in [-0.3, -0.25) is 4.79 Å². The third-order valence-electron chi connectivity index (χ3n) is 5.15. The van der Waals surface area contributed by atoms with E-state index in [1.165, 1.54) is 18.2 Å². The number of halogens is 1. The molecule has 9 heteroatoms. The van der Waals surface area contributed by atoms with E-state index in [-0.39, 0.29) is 36.0 Å². The maximum Gasteiger partial charge on any atom is 0.341 e. The fourth-order valence-electron chi connectivity index (χ4n) is 3.68. The van der Waals surface area contributed by atoms with Gasteiger partial charge < -0.3 is 29.5 Å². The molecule has 1 aliphatic carbocycles. The van der Waals surface area contributed by atoms with Crippen molar-refractivity contribution in [3.8, 4) is 5.75 Å². The van der Waals surface area contributed by atoms with Crippen LogP contribution in [0.2, 0.25) is 0 Å². The van der Waals surface area contributed by atoms with Gasteiger partial charge in [0.05, 0.1) is 30.2 Å². The van der Waals surface area contributed by atoms with E-state index >= 15 is 0 Å². The third kappa shape index (κ3) is 2.74. The number of β-amino-alcohol motifs (C(OH)–C–C–N with tert-alkyl or cyclic N) is 2. The van der Waals surface area contributed by atoms with Crippen molar-refractivity contribution >= 4 is 22.6 Å². The average molecular weight is 378 g/mol. The Morgan fingerprint density at radius 2 is 1.89 bits per heavy atom. The first-order valence-electron chi connectivity index (χ1n) is 8.63. The number of aromatic nitrogens is 1. The number of methoxy groups -OCH3 is 1. The van der Waals surface area contributed by atoms with Crippen LogP contribution >= 0.6 is 0 Å². The quantitative estimate of drug-likeness (QED) is 0.719. The van der Waals surface area contributed by atoms with Crippen molar-refractivity contribution < 1.29 is 29.2 Å². The van der Waals surface area contributed by atoms with Crippen LogP contribution in [0.15, 0.2) is 17.1 Å². The fourth-order valence-corrected chi connectivity index (χ4v) is 3.68. The molecule has 8 nitrogen and oxygen atoms in total. The van der Waals surface area contributed by atoms with Crippen molar-refractivity contribution in [3.05, 3.63) is 33.9 Å². The summed E-state index contributed by atoms with van der Waals surface area (Å²) in [4.78, 5) is 25.5. The normalized spacial score (nSPS) is 22.4. The molecule has 2 heterocycles. The molecule has 0 amide bonds. The molecule has 3 N–H and O–H groups in total. The number of nitrogens with zero attached hydrogens (tertiary/aromatic N) is 2. The second-order valence-electron chi connectivity index (χ2n) is 6.99. The van der Waals surface area contributed by atoms with Gasteiger partial charge in [0.15, 0.2) is 11.6 Å². The molecule has 0 unspecified atom stereocenters. The van der Waals surface area contributed by atoms with E-state index < -0.39 is 35.0 Å². The molecule has 2 atom stereocenters. The van der Waals surface area contributed by atoms with Crippen LogP contribution in [0.5, 0.6) is 5.75 Å². The summed E-state index contributed by atoms with van der Waals surface area (Å²) in [5.41, 5.74) is -0.838. The largest absolute Gasteiger partial charge is 0.492 e. The zero-order valence-electron chi connectivity index (χ0n) is 14.6. The van der Waals surface area contributed by atoms with Crippen LogP contribution < -0.4 is 15.1 Å². The first kappa shape index (κ1) is 17.7. The second kappa shape index (κ2) is 6.21. The lowest BCUT2D eigenvalue weighted by Gasteiger charge is -2.24. The van der Waals surface area contributed by atoms with Gasteiger partial charge in [0, 0.05) is 25.3 Å². The number of ether oxygens (including phenoxy) is 1. The van der Waals surface area contributed by atoms with E-state index in [1.807, 2.05) is 0 Å². The number of fused-ring (bicyclic) bond motifs is 1. The van der Waals surface area contributed by atoms with Gasteiger partial charge in [-0.15, -0.1) is 0 Å². The number of pyridine rings is 1. The Labute approximate surface area is 153 Å². The van der Waals surface area contributed by atoms with Crippen LogP contribution in [0.25, 0.3) is 10.9 Å². The van der Waals surface area contributed by atoms with Gasteiger partial charge in [-0.1, -0.05) is 0 Å². The number of anilines is 1. The van der Waals surface area contributed by atoms with Crippen molar-refractivity contribution in [1.82, 2.24) is 4.57 Å². The van der Waals surface area contributed by atoms with Crippen molar-refractivity contribution in [3.63, 3.8) is 0 Å². The molecule has 1 saturated carbocycles. The average Bonchev–Trinajstić information content (AvgIpc) is 3.40. The summed E-state index contributed by atoms with van der Waals surface area (Å²) in [5, 5.41) is 28.9. The number of hydrogen-bond acceptors (Lipinski definition) is 6. The summed E-state index contributed by atoms with van der Waals surface area (Å²) in [7, 11) is 1.34. The Kier molecular flexibility index (Phi) is 4.08. The summed E-state index contributed by atoms with van der Waals surface area (Å²) in [6, 6.07) is 1.02. The first-order chi connectivity index (χ1) is 12.8. The van der Waals surface area contributed by atoms with Gasteiger partial charge in [0.2, 0.25) is 5.43 Å². The highest BCUT2D eigenvalue weighted by Gasteiger charge is 2.35. The van der Waals surface area contributed by atoms with Crippen LogP contribution in [-0.4, -0.2) is 58.3 Å². The van der Waals surface area contributed by atoms with Crippen LogP contribution in [0.1, 0.15) is 29.2 Å². The van der Waals surface area contributed by atoms with E-state index in [0.717, 1.165) is 18.9 Å². The lowest BCUT2D eigenvalue weighted by molar-refractivity contribution is 0.0572. The zero-order valence-corrected chi connectivity index (χ0v) is 14.6. The Balaban J connectivity index is 2.04. The van der Waals surface area contributed by atoms with Crippen LogP contribution in [0.4, 0.5) is 10.1 Å². The molecule has 1 aromatic heterocycles.